The first-order valence-electron chi connectivity index (χ1n) is 5.36. The number of hydrogen-bond donors (Lipinski definition) is 2. The Kier molecular flexibility index (Phi) is 6.01. The first-order valence-corrected chi connectivity index (χ1v) is 6.97. The zero-order valence-electron chi connectivity index (χ0n) is 9.33. The Labute approximate surface area is 109 Å². The monoisotopic (exact) mass is 304 g/mol. The molecule has 1 heterocycles. The van der Waals surface area contributed by atoms with Gasteiger partial charge < -0.3 is 11.1 Å². The summed E-state index contributed by atoms with van der Waals surface area (Å²) in [6, 6.07) is 4.00. The summed E-state index contributed by atoms with van der Waals surface area (Å²) in [5.41, 5.74) is 5.56. The summed E-state index contributed by atoms with van der Waals surface area (Å²) in [6.07, 6.45) is 1.48. The average Bonchev–Trinajstić information content (AvgIpc) is 2.69. The van der Waals surface area contributed by atoms with Gasteiger partial charge in [-0.25, -0.2) is 0 Å². The van der Waals surface area contributed by atoms with Gasteiger partial charge in [0.05, 0.1) is 10.3 Å². The summed E-state index contributed by atoms with van der Waals surface area (Å²) < 4.78 is 1.09. The molecule has 1 rings (SSSR count). The van der Waals surface area contributed by atoms with Gasteiger partial charge >= 0.3 is 0 Å². The van der Waals surface area contributed by atoms with Gasteiger partial charge in [-0.05, 0) is 40.5 Å². The fourth-order valence-electron chi connectivity index (χ4n) is 1.36. The van der Waals surface area contributed by atoms with Crippen LogP contribution in [0.4, 0.5) is 0 Å². The first kappa shape index (κ1) is 13.7. The molecule has 1 aromatic rings. The van der Waals surface area contributed by atoms with E-state index in [1.54, 1.807) is 11.3 Å². The predicted molar refractivity (Wildman–Crippen MR) is 71.3 cm³/mol. The Morgan fingerprint density at radius 1 is 1.62 bits per heavy atom. The highest BCUT2D eigenvalue weighted by Crippen LogP contribution is 2.21. The van der Waals surface area contributed by atoms with E-state index in [9.17, 15) is 4.79 Å². The van der Waals surface area contributed by atoms with E-state index < -0.39 is 0 Å². The van der Waals surface area contributed by atoms with Crippen molar-refractivity contribution in [2.24, 2.45) is 11.7 Å². The lowest BCUT2D eigenvalue weighted by Gasteiger charge is -2.11. The fraction of sp³-hybridized carbons (Fsp3) is 0.545. The number of hydrogen-bond acceptors (Lipinski definition) is 3. The van der Waals surface area contributed by atoms with E-state index in [1.165, 1.54) is 0 Å². The molecule has 3 N–H and O–H groups in total. The number of thiophene rings is 1. The van der Waals surface area contributed by atoms with E-state index in [0.717, 1.165) is 15.1 Å². The van der Waals surface area contributed by atoms with Gasteiger partial charge in [-0.3, -0.25) is 4.79 Å². The summed E-state index contributed by atoms with van der Waals surface area (Å²) in [5, 5.41) is 2.91. The van der Waals surface area contributed by atoms with Crippen molar-refractivity contribution in [3.8, 4) is 0 Å². The molecule has 0 aliphatic rings. The first-order chi connectivity index (χ1) is 7.65. The summed E-state index contributed by atoms with van der Waals surface area (Å²) in [6.45, 7) is 3.24. The molecular weight excluding hydrogens is 288 g/mol. The van der Waals surface area contributed by atoms with Crippen LogP contribution in [0.15, 0.2) is 15.9 Å². The molecule has 1 amide bonds. The molecule has 1 unspecified atom stereocenters. The van der Waals surface area contributed by atoms with E-state index in [2.05, 4.69) is 28.2 Å². The molecule has 0 saturated carbocycles. The van der Waals surface area contributed by atoms with Crippen LogP contribution >= 0.6 is 27.3 Å². The van der Waals surface area contributed by atoms with E-state index in [0.29, 0.717) is 25.4 Å². The third-order valence-corrected chi connectivity index (χ3v) is 4.10. The van der Waals surface area contributed by atoms with Crippen molar-refractivity contribution in [2.75, 3.05) is 6.54 Å². The SMILES string of the molecule is CCC(CN)CC(=O)NCc1ccc(Br)s1. The number of rotatable bonds is 6. The van der Waals surface area contributed by atoms with Gasteiger partial charge in [0.15, 0.2) is 0 Å². The zero-order valence-corrected chi connectivity index (χ0v) is 11.7. The normalized spacial score (nSPS) is 12.4. The van der Waals surface area contributed by atoms with Gasteiger partial charge in [-0.2, -0.15) is 0 Å². The van der Waals surface area contributed by atoms with E-state index in [1.807, 2.05) is 12.1 Å². The summed E-state index contributed by atoms with van der Waals surface area (Å²) in [7, 11) is 0. The third-order valence-electron chi connectivity index (χ3n) is 2.47. The van der Waals surface area contributed by atoms with Crippen molar-refractivity contribution in [3.63, 3.8) is 0 Å². The molecule has 0 bridgehead atoms. The molecule has 0 aliphatic heterocycles. The number of carbonyl (C=O) groups is 1. The highest BCUT2D eigenvalue weighted by Gasteiger charge is 2.10. The van der Waals surface area contributed by atoms with Crippen LogP contribution in [-0.4, -0.2) is 12.5 Å². The second-order valence-electron chi connectivity index (χ2n) is 3.70. The smallest absolute Gasteiger partial charge is 0.220 e. The maximum atomic E-state index is 11.6. The topological polar surface area (TPSA) is 55.1 Å². The molecule has 0 aromatic carbocycles. The molecule has 16 heavy (non-hydrogen) atoms. The summed E-state index contributed by atoms with van der Waals surface area (Å²) >= 11 is 5.03. The minimum atomic E-state index is 0.0850. The lowest BCUT2D eigenvalue weighted by atomic mass is 10.0. The standard InChI is InChI=1S/C11H17BrN2OS/c1-2-8(6-13)5-11(15)14-7-9-3-4-10(12)16-9/h3-4,8H,2,5-7,13H2,1H3,(H,14,15). The molecule has 0 radical (unpaired) electrons. The van der Waals surface area contributed by atoms with Gasteiger partial charge in [-0.1, -0.05) is 13.3 Å². The Morgan fingerprint density at radius 2 is 2.38 bits per heavy atom. The molecule has 0 spiro atoms. The van der Waals surface area contributed by atoms with Crippen molar-refractivity contribution in [3.05, 3.63) is 20.8 Å². The van der Waals surface area contributed by atoms with Crippen molar-refractivity contribution < 1.29 is 4.79 Å². The van der Waals surface area contributed by atoms with Gasteiger partial charge in [-0.15, -0.1) is 11.3 Å². The molecule has 90 valence electrons. The number of halogens is 1. The molecule has 0 fully saturated rings. The number of nitrogens with two attached hydrogens (primary N) is 1. The second-order valence-corrected chi connectivity index (χ2v) is 6.24. The Morgan fingerprint density at radius 3 is 2.88 bits per heavy atom. The van der Waals surface area contributed by atoms with Crippen molar-refractivity contribution in [1.82, 2.24) is 5.32 Å². The molecule has 3 nitrogen and oxygen atoms in total. The van der Waals surface area contributed by atoms with Gasteiger partial charge in [0.25, 0.3) is 0 Å². The Balaban J connectivity index is 2.30. The minimum absolute atomic E-state index is 0.0850. The van der Waals surface area contributed by atoms with Crippen LogP contribution < -0.4 is 11.1 Å². The van der Waals surface area contributed by atoms with Crippen molar-refractivity contribution >= 4 is 33.2 Å². The molecular formula is C11H17BrN2OS. The van der Waals surface area contributed by atoms with E-state index in [4.69, 9.17) is 5.73 Å². The van der Waals surface area contributed by atoms with Crippen LogP contribution in [0.25, 0.3) is 0 Å². The molecule has 5 heteroatoms. The third kappa shape index (κ3) is 4.63. The predicted octanol–water partition coefficient (Wildman–Crippen LogP) is 2.50. The highest BCUT2D eigenvalue weighted by molar-refractivity contribution is 9.11. The molecule has 0 aliphatic carbocycles. The minimum Gasteiger partial charge on any atom is -0.351 e. The van der Waals surface area contributed by atoms with Crippen LogP contribution in [0.1, 0.15) is 24.6 Å². The van der Waals surface area contributed by atoms with Crippen LogP contribution in [0.2, 0.25) is 0 Å². The lowest BCUT2D eigenvalue weighted by Crippen LogP contribution is -2.27. The number of carbonyl (C=O) groups excluding carboxylic acids is 1. The van der Waals surface area contributed by atoms with Crippen molar-refractivity contribution in [1.29, 1.82) is 0 Å². The van der Waals surface area contributed by atoms with Crippen LogP contribution in [0.5, 0.6) is 0 Å². The Bertz CT molecular complexity index is 336. The van der Waals surface area contributed by atoms with Crippen LogP contribution in [0, 0.1) is 5.92 Å². The van der Waals surface area contributed by atoms with Gasteiger partial charge in [0.2, 0.25) is 5.91 Å². The van der Waals surface area contributed by atoms with E-state index >= 15 is 0 Å². The number of nitrogens with one attached hydrogen (secondary N) is 1. The van der Waals surface area contributed by atoms with Crippen LogP contribution in [0.3, 0.4) is 0 Å². The maximum absolute atomic E-state index is 11.6. The van der Waals surface area contributed by atoms with Gasteiger partial charge in [0, 0.05) is 11.3 Å². The fourth-order valence-corrected chi connectivity index (χ4v) is 2.78. The van der Waals surface area contributed by atoms with Gasteiger partial charge in [0.1, 0.15) is 0 Å². The maximum Gasteiger partial charge on any atom is 0.220 e. The average molecular weight is 305 g/mol. The molecule has 1 atom stereocenters. The lowest BCUT2D eigenvalue weighted by molar-refractivity contribution is -0.122. The van der Waals surface area contributed by atoms with Crippen LogP contribution in [-0.2, 0) is 11.3 Å². The Hall–Kier alpha value is -0.390. The van der Waals surface area contributed by atoms with E-state index in [-0.39, 0.29) is 5.91 Å². The highest BCUT2D eigenvalue weighted by atomic mass is 79.9. The number of amides is 1. The quantitative estimate of drug-likeness (QED) is 0.848. The summed E-state index contributed by atoms with van der Waals surface area (Å²) in [4.78, 5) is 12.7. The largest absolute Gasteiger partial charge is 0.351 e. The zero-order chi connectivity index (χ0) is 12.0. The van der Waals surface area contributed by atoms with Crippen molar-refractivity contribution in [2.45, 2.75) is 26.3 Å². The second kappa shape index (κ2) is 7.04. The summed E-state index contributed by atoms with van der Waals surface area (Å²) in [5.74, 6) is 0.386. The molecule has 1 aromatic heterocycles. The molecule has 0 saturated heterocycles.